The second-order valence-corrected chi connectivity index (χ2v) is 8.42. The van der Waals surface area contributed by atoms with Gasteiger partial charge in [-0.25, -0.2) is 0 Å². The van der Waals surface area contributed by atoms with Crippen LogP contribution in [0.15, 0.2) is 72.8 Å². The van der Waals surface area contributed by atoms with E-state index < -0.39 is 0 Å². The first-order valence-electron chi connectivity index (χ1n) is 11.1. The normalized spacial score (nSPS) is 11.2. The molecule has 5 aromatic rings. The van der Waals surface area contributed by atoms with E-state index in [1.807, 2.05) is 91.8 Å². The van der Waals surface area contributed by atoms with Gasteiger partial charge in [-0.2, -0.15) is 4.52 Å². The Morgan fingerprint density at radius 2 is 1.69 bits per heavy atom. The molecule has 3 aromatic carbocycles. The highest BCUT2D eigenvalue weighted by Crippen LogP contribution is 2.30. The van der Waals surface area contributed by atoms with Crippen LogP contribution >= 0.6 is 0 Å². The molecule has 0 bridgehead atoms. The molecule has 0 aliphatic heterocycles. The van der Waals surface area contributed by atoms with Crippen LogP contribution in [0.4, 0.5) is 17.2 Å². The summed E-state index contributed by atoms with van der Waals surface area (Å²) in [5.41, 5.74) is 3.04. The van der Waals surface area contributed by atoms with E-state index in [-0.39, 0.29) is 5.91 Å². The first-order valence-corrected chi connectivity index (χ1v) is 11.1. The quantitative estimate of drug-likeness (QED) is 0.339. The summed E-state index contributed by atoms with van der Waals surface area (Å²) in [5.74, 6) is 1.93. The monoisotopic (exact) mass is 467 g/mol. The van der Waals surface area contributed by atoms with Crippen molar-refractivity contribution < 1.29 is 9.53 Å². The predicted molar refractivity (Wildman–Crippen MR) is 137 cm³/mol. The number of nitrogens with zero attached hydrogens (tertiary/aromatic N) is 5. The Morgan fingerprint density at radius 3 is 2.43 bits per heavy atom. The van der Waals surface area contributed by atoms with Crippen LogP contribution < -0.4 is 15.4 Å². The van der Waals surface area contributed by atoms with Gasteiger partial charge in [-0.1, -0.05) is 30.3 Å². The molecule has 9 nitrogen and oxygen atoms in total. The Labute approximate surface area is 202 Å². The molecule has 0 spiro atoms. The van der Waals surface area contributed by atoms with Crippen molar-refractivity contribution in [2.75, 3.05) is 31.5 Å². The van der Waals surface area contributed by atoms with Crippen LogP contribution in [0.2, 0.25) is 0 Å². The van der Waals surface area contributed by atoms with Gasteiger partial charge in [-0.05, 0) is 56.6 Å². The average molecular weight is 468 g/mol. The molecule has 35 heavy (non-hydrogen) atoms. The van der Waals surface area contributed by atoms with Crippen molar-refractivity contribution in [2.45, 2.75) is 6.92 Å². The summed E-state index contributed by atoms with van der Waals surface area (Å²) in [6, 6.07) is 23.1. The zero-order valence-corrected chi connectivity index (χ0v) is 19.7. The first-order chi connectivity index (χ1) is 17.0. The highest BCUT2D eigenvalue weighted by molar-refractivity contribution is 6.01. The van der Waals surface area contributed by atoms with Gasteiger partial charge in [0.1, 0.15) is 12.5 Å². The molecule has 2 aromatic heterocycles. The second-order valence-electron chi connectivity index (χ2n) is 8.42. The lowest BCUT2D eigenvalue weighted by atomic mass is 10.1. The number of hydrogen-bond acceptors (Lipinski definition) is 7. The molecule has 176 valence electrons. The zero-order chi connectivity index (χ0) is 24.4. The van der Waals surface area contributed by atoms with E-state index in [2.05, 4.69) is 20.8 Å². The third-order valence-electron chi connectivity index (χ3n) is 5.31. The zero-order valence-electron chi connectivity index (χ0n) is 19.7. The number of ether oxygens (including phenoxy) is 1. The minimum atomic E-state index is -0.126. The Morgan fingerprint density at radius 1 is 0.943 bits per heavy atom. The molecule has 2 heterocycles. The van der Waals surface area contributed by atoms with Crippen molar-refractivity contribution >= 4 is 39.5 Å². The number of nitrogens with one attached hydrogen (secondary N) is 2. The lowest BCUT2D eigenvalue weighted by molar-refractivity contribution is -0.114. The molecule has 0 atom stereocenters. The van der Waals surface area contributed by atoms with Crippen LogP contribution in [0, 0.1) is 0 Å². The van der Waals surface area contributed by atoms with Gasteiger partial charge in [0.05, 0.1) is 0 Å². The number of rotatable bonds is 7. The van der Waals surface area contributed by atoms with Crippen molar-refractivity contribution in [1.29, 1.82) is 0 Å². The number of aromatic nitrogens is 4. The standard InChI is InChI=1S/C26H25N7O2/c1-17(34)27-19-7-6-8-20(15-19)28-24-22-9-4-5-10-23(22)26-30-29-25(33(26)31-24)18-11-13-21(14-12-18)35-16-32(2)3/h4-15H,16H2,1-3H3,(H,27,34)(H,28,31). The summed E-state index contributed by atoms with van der Waals surface area (Å²) in [5, 5.41) is 21.8. The van der Waals surface area contributed by atoms with Gasteiger partial charge >= 0.3 is 0 Å². The smallest absolute Gasteiger partial charge is 0.221 e. The number of hydrogen-bond donors (Lipinski definition) is 2. The molecule has 0 unspecified atom stereocenters. The van der Waals surface area contributed by atoms with Gasteiger partial charge in [0.15, 0.2) is 17.3 Å². The van der Waals surface area contributed by atoms with Crippen LogP contribution in [0.3, 0.4) is 0 Å². The van der Waals surface area contributed by atoms with Crippen LogP contribution in [0.5, 0.6) is 5.75 Å². The fourth-order valence-electron chi connectivity index (χ4n) is 3.77. The molecule has 0 aliphatic carbocycles. The van der Waals surface area contributed by atoms with Crippen molar-refractivity contribution in [2.24, 2.45) is 0 Å². The van der Waals surface area contributed by atoms with Gasteiger partial charge in [0, 0.05) is 34.6 Å². The molecule has 5 rings (SSSR count). The van der Waals surface area contributed by atoms with Gasteiger partial charge in [-0.15, -0.1) is 15.3 Å². The Hall–Kier alpha value is -4.50. The molecular formula is C26H25N7O2. The third-order valence-corrected chi connectivity index (χ3v) is 5.31. The summed E-state index contributed by atoms with van der Waals surface area (Å²) in [7, 11) is 3.91. The topological polar surface area (TPSA) is 96.7 Å². The summed E-state index contributed by atoms with van der Waals surface area (Å²) < 4.78 is 7.48. The molecule has 0 saturated heterocycles. The Bertz CT molecular complexity index is 1510. The number of carbonyl (C=O) groups excluding carboxylic acids is 1. The SMILES string of the molecule is CC(=O)Nc1cccc(Nc2nn3c(-c4ccc(OCN(C)C)cc4)nnc3c3ccccc23)c1. The Kier molecular flexibility index (Phi) is 5.99. The van der Waals surface area contributed by atoms with E-state index in [1.54, 1.807) is 4.52 Å². The molecule has 1 amide bonds. The third kappa shape index (κ3) is 4.75. The van der Waals surface area contributed by atoms with E-state index in [1.165, 1.54) is 6.92 Å². The van der Waals surface area contributed by atoms with Crippen LogP contribution in [-0.4, -0.2) is 51.4 Å². The minimum Gasteiger partial charge on any atom is -0.478 e. The van der Waals surface area contributed by atoms with E-state index >= 15 is 0 Å². The van der Waals surface area contributed by atoms with Crippen molar-refractivity contribution in [1.82, 2.24) is 24.7 Å². The summed E-state index contributed by atoms with van der Waals surface area (Å²) >= 11 is 0. The van der Waals surface area contributed by atoms with Gasteiger partial charge < -0.3 is 15.4 Å². The highest BCUT2D eigenvalue weighted by atomic mass is 16.5. The van der Waals surface area contributed by atoms with E-state index in [9.17, 15) is 4.79 Å². The van der Waals surface area contributed by atoms with Crippen molar-refractivity contribution in [3.63, 3.8) is 0 Å². The van der Waals surface area contributed by atoms with Crippen LogP contribution in [0.25, 0.3) is 27.8 Å². The lowest BCUT2D eigenvalue weighted by Gasteiger charge is -2.12. The maximum Gasteiger partial charge on any atom is 0.221 e. The number of fused-ring (bicyclic) bond motifs is 3. The number of amides is 1. The van der Waals surface area contributed by atoms with Crippen LogP contribution in [0.1, 0.15) is 6.92 Å². The predicted octanol–water partition coefficient (Wildman–Crippen LogP) is 4.54. The fourth-order valence-corrected chi connectivity index (χ4v) is 3.77. The van der Waals surface area contributed by atoms with Gasteiger partial charge in [-0.3, -0.25) is 9.69 Å². The lowest BCUT2D eigenvalue weighted by Crippen LogP contribution is -2.18. The second kappa shape index (κ2) is 9.40. The van der Waals surface area contributed by atoms with E-state index in [0.717, 1.165) is 27.8 Å². The largest absolute Gasteiger partial charge is 0.478 e. The number of benzene rings is 3. The van der Waals surface area contributed by atoms with Crippen LogP contribution in [-0.2, 0) is 4.79 Å². The van der Waals surface area contributed by atoms with E-state index in [0.29, 0.717) is 29.7 Å². The molecule has 2 N–H and O–H groups in total. The molecular weight excluding hydrogens is 442 g/mol. The maximum atomic E-state index is 11.5. The molecule has 0 aliphatic rings. The number of carbonyl (C=O) groups is 1. The molecule has 0 saturated carbocycles. The van der Waals surface area contributed by atoms with Crippen molar-refractivity contribution in [3.05, 3.63) is 72.8 Å². The summed E-state index contributed by atoms with van der Waals surface area (Å²) in [4.78, 5) is 13.4. The molecule has 0 radical (unpaired) electrons. The molecule has 9 heteroatoms. The maximum absolute atomic E-state index is 11.5. The van der Waals surface area contributed by atoms with Gasteiger partial charge in [0.2, 0.25) is 5.91 Å². The minimum absolute atomic E-state index is 0.126. The van der Waals surface area contributed by atoms with Gasteiger partial charge in [0.25, 0.3) is 0 Å². The van der Waals surface area contributed by atoms with E-state index in [4.69, 9.17) is 9.84 Å². The highest BCUT2D eigenvalue weighted by Gasteiger charge is 2.16. The molecule has 0 fully saturated rings. The summed E-state index contributed by atoms with van der Waals surface area (Å²) in [6.45, 7) is 1.98. The summed E-state index contributed by atoms with van der Waals surface area (Å²) in [6.07, 6.45) is 0. The Balaban J connectivity index is 1.55. The fraction of sp³-hybridized carbons (Fsp3) is 0.154. The average Bonchev–Trinajstić information content (AvgIpc) is 3.27. The van der Waals surface area contributed by atoms with Crippen molar-refractivity contribution in [3.8, 4) is 17.1 Å². The number of anilines is 3. The first kappa shape index (κ1) is 22.3.